The molecule has 1 aliphatic rings. The summed E-state index contributed by atoms with van der Waals surface area (Å²) in [6.07, 6.45) is 1.27. The van der Waals surface area contributed by atoms with Crippen molar-refractivity contribution >= 4 is 0 Å². The number of phenols is 2. The molecule has 0 aromatic heterocycles. The minimum absolute atomic E-state index is 0.128. The summed E-state index contributed by atoms with van der Waals surface area (Å²) >= 11 is 0. The number of phenolic OH excluding ortho intramolecular Hbond substituents is 2. The maximum atomic E-state index is 9.84. The Hall–Kier alpha value is -2.44. The van der Waals surface area contributed by atoms with Crippen LogP contribution >= 0.6 is 0 Å². The Labute approximate surface area is 165 Å². The predicted octanol–water partition coefficient (Wildman–Crippen LogP) is 3.53. The number of methoxy groups -OCH3 is 2. The fourth-order valence-electron chi connectivity index (χ4n) is 3.77. The first kappa shape index (κ1) is 20.3. The summed E-state index contributed by atoms with van der Waals surface area (Å²) in [6.45, 7) is 3.15. The Bertz CT molecular complexity index is 791. The molecule has 28 heavy (non-hydrogen) atoms. The first-order valence-corrected chi connectivity index (χ1v) is 9.50. The van der Waals surface area contributed by atoms with Gasteiger partial charge in [0.05, 0.1) is 20.8 Å². The second kappa shape index (κ2) is 9.17. The molecule has 0 spiro atoms. The zero-order chi connectivity index (χ0) is 20.1. The van der Waals surface area contributed by atoms with Gasteiger partial charge in [-0.15, -0.1) is 0 Å². The minimum atomic E-state index is -0.270. The molecule has 0 aliphatic carbocycles. The van der Waals surface area contributed by atoms with Gasteiger partial charge in [0.15, 0.2) is 29.3 Å². The summed E-state index contributed by atoms with van der Waals surface area (Å²) in [5.41, 5.74) is 2.14. The lowest BCUT2D eigenvalue weighted by molar-refractivity contribution is -0.127. The summed E-state index contributed by atoms with van der Waals surface area (Å²) in [7, 11) is 3.09. The van der Waals surface area contributed by atoms with Gasteiger partial charge in [-0.05, 0) is 61.1 Å². The summed E-state index contributed by atoms with van der Waals surface area (Å²) in [5, 5.41) is 19.7. The van der Waals surface area contributed by atoms with Crippen LogP contribution in [0.15, 0.2) is 36.4 Å². The maximum absolute atomic E-state index is 9.84. The second-order valence-corrected chi connectivity index (χ2v) is 7.00. The van der Waals surface area contributed by atoms with Crippen LogP contribution in [0.1, 0.15) is 18.1 Å². The molecule has 6 heteroatoms. The van der Waals surface area contributed by atoms with Crippen molar-refractivity contribution in [3.63, 3.8) is 0 Å². The number of hydrogen-bond donors (Lipinski definition) is 2. The average molecular weight is 388 g/mol. The average Bonchev–Trinajstić information content (AvgIpc) is 3.06. The molecule has 2 N–H and O–H groups in total. The normalized spacial score (nSPS) is 21.6. The summed E-state index contributed by atoms with van der Waals surface area (Å²) in [5.74, 6) is 1.61. The van der Waals surface area contributed by atoms with Crippen LogP contribution in [0.2, 0.25) is 0 Å². The maximum Gasteiger partial charge on any atom is 0.161 e. The van der Waals surface area contributed by atoms with Crippen LogP contribution in [-0.4, -0.2) is 43.9 Å². The van der Waals surface area contributed by atoms with E-state index in [0.29, 0.717) is 24.7 Å². The molecule has 1 heterocycles. The van der Waals surface area contributed by atoms with Gasteiger partial charge in [-0.25, -0.2) is 0 Å². The van der Waals surface area contributed by atoms with E-state index >= 15 is 0 Å². The lowest BCUT2D eigenvalue weighted by Crippen LogP contribution is -2.26. The van der Waals surface area contributed by atoms with Crippen molar-refractivity contribution in [2.24, 2.45) is 11.8 Å². The van der Waals surface area contributed by atoms with E-state index in [-0.39, 0.29) is 29.6 Å². The van der Waals surface area contributed by atoms with Gasteiger partial charge in [-0.1, -0.05) is 12.1 Å². The fourth-order valence-corrected chi connectivity index (χ4v) is 3.77. The van der Waals surface area contributed by atoms with Gasteiger partial charge in [0.25, 0.3) is 0 Å². The van der Waals surface area contributed by atoms with E-state index in [2.05, 4.69) is 0 Å². The number of ether oxygens (including phenoxy) is 4. The van der Waals surface area contributed by atoms with E-state index in [9.17, 15) is 10.2 Å². The fraction of sp³-hybridized carbons (Fsp3) is 0.455. The molecule has 0 saturated carbocycles. The zero-order valence-electron chi connectivity index (χ0n) is 16.6. The van der Waals surface area contributed by atoms with Crippen molar-refractivity contribution < 1.29 is 29.2 Å². The van der Waals surface area contributed by atoms with E-state index in [4.69, 9.17) is 18.9 Å². The van der Waals surface area contributed by atoms with E-state index in [1.165, 1.54) is 0 Å². The highest BCUT2D eigenvalue weighted by Crippen LogP contribution is 2.36. The lowest BCUT2D eigenvalue weighted by Gasteiger charge is -2.23. The second-order valence-electron chi connectivity index (χ2n) is 7.00. The first-order chi connectivity index (χ1) is 13.5. The monoisotopic (exact) mass is 388 g/mol. The van der Waals surface area contributed by atoms with Crippen molar-refractivity contribution in [1.82, 2.24) is 0 Å². The largest absolute Gasteiger partial charge is 0.504 e. The molecule has 0 amide bonds. The van der Waals surface area contributed by atoms with Crippen LogP contribution in [0, 0.1) is 11.8 Å². The molecule has 0 unspecified atom stereocenters. The molecular formula is C22H28O6. The smallest absolute Gasteiger partial charge is 0.161 e. The van der Waals surface area contributed by atoms with Crippen LogP contribution in [0.5, 0.6) is 23.0 Å². The molecule has 3 atom stereocenters. The van der Waals surface area contributed by atoms with Gasteiger partial charge in [0, 0.05) is 12.5 Å². The molecule has 2 aromatic rings. The number of benzene rings is 2. The van der Waals surface area contributed by atoms with E-state index in [1.54, 1.807) is 26.4 Å². The summed E-state index contributed by atoms with van der Waals surface area (Å²) in [4.78, 5) is 0. The molecule has 1 fully saturated rings. The lowest BCUT2D eigenvalue weighted by atomic mass is 9.84. The number of rotatable bonds is 8. The highest BCUT2D eigenvalue weighted by molar-refractivity contribution is 5.43. The Morgan fingerprint density at radius 2 is 1.50 bits per heavy atom. The van der Waals surface area contributed by atoms with Gasteiger partial charge >= 0.3 is 0 Å². The molecular weight excluding hydrogens is 360 g/mol. The molecule has 6 nitrogen and oxygen atoms in total. The molecule has 2 aromatic carbocycles. The highest BCUT2D eigenvalue weighted by Gasteiger charge is 2.38. The quantitative estimate of drug-likeness (QED) is 0.720. The van der Waals surface area contributed by atoms with Gasteiger partial charge in [0.2, 0.25) is 0 Å². The van der Waals surface area contributed by atoms with Crippen LogP contribution in [-0.2, 0) is 22.3 Å². The van der Waals surface area contributed by atoms with Crippen molar-refractivity contribution in [1.29, 1.82) is 0 Å². The highest BCUT2D eigenvalue weighted by atomic mass is 16.7. The Morgan fingerprint density at radius 3 is 2.04 bits per heavy atom. The van der Waals surface area contributed by atoms with Gasteiger partial charge in [-0.2, -0.15) is 0 Å². The molecule has 3 rings (SSSR count). The van der Waals surface area contributed by atoms with Crippen LogP contribution in [0.25, 0.3) is 0 Å². The molecule has 0 bridgehead atoms. The van der Waals surface area contributed by atoms with E-state index in [0.717, 1.165) is 24.0 Å². The molecule has 0 radical (unpaired) electrons. The van der Waals surface area contributed by atoms with Gasteiger partial charge < -0.3 is 29.2 Å². The molecule has 1 saturated heterocycles. The van der Waals surface area contributed by atoms with E-state index < -0.39 is 0 Å². The molecule has 152 valence electrons. The third kappa shape index (κ3) is 4.51. The van der Waals surface area contributed by atoms with E-state index in [1.807, 2.05) is 31.2 Å². The first-order valence-electron chi connectivity index (χ1n) is 9.50. The van der Waals surface area contributed by atoms with Crippen molar-refractivity contribution in [2.75, 3.05) is 27.4 Å². The van der Waals surface area contributed by atoms with Crippen molar-refractivity contribution in [3.05, 3.63) is 47.5 Å². The van der Waals surface area contributed by atoms with Crippen LogP contribution in [0.3, 0.4) is 0 Å². The van der Waals surface area contributed by atoms with Crippen molar-refractivity contribution in [3.8, 4) is 23.0 Å². The Morgan fingerprint density at radius 1 is 0.929 bits per heavy atom. The zero-order valence-corrected chi connectivity index (χ0v) is 16.6. The number of hydrogen-bond acceptors (Lipinski definition) is 6. The topological polar surface area (TPSA) is 77.4 Å². The van der Waals surface area contributed by atoms with Gasteiger partial charge in [-0.3, -0.25) is 0 Å². The third-order valence-corrected chi connectivity index (χ3v) is 5.22. The molecule has 1 aliphatic heterocycles. The Balaban J connectivity index is 1.80. The van der Waals surface area contributed by atoms with Crippen molar-refractivity contribution in [2.45, 2.75) is 26.1 Å². The van der Waals surface area contributed by atoms with Crippen LogP contribution < -0.4 is 9.47 Å². The van der Waals surface area contributed by atoms with Crippen LogP contribution in [0.4, 0.5) is 0 Å². The van der Waals surface area contributed by atoms with Gasteiger partial charge in [0.1, 0.15) is 0 Å². The minimum Gasteiger partial charge on any atom is -0.504 e. The number of aromatic hydroxyl groups is 2. The third-order valence-electron chi connectivity index (χ3n) is 5.22. The SMILES string of the molecule is CCO[C@H]1OC[C@H](Cc2ccc(O)c(OC)c2)[C@H]1Cc1ccc(O)c(OC)c1. The Kier molecular flexibility index (Phi) is 6.65. The predicted molar refractivity (Wildman–Crippen MR) is 105 cm³/mol. The summed E-state index contributed by atoms with van der Waals surface area (Å²) in [6, 6.07) is 10.8. The summed E-state index contributed by atoms with van der Waals surface area (Å²) < 4.78 is 22.2. The standard InChI is InChI=1S/C22H28O6/c1-4-27-22-17(10-15-6-8-19(24)21(12-15)26-3)16(13-28-22)9-14-5-7-18(23)20(11-14)25-2/h5-8,11-12,16-17,22-24H,4,9-10,13H2,1-3H3/t16-,17+,22-/m0/s1.